The summed E-state index contributed by atoms with van der Waals surface area (Å²) >= 11 is 0. The number of urea groups is 1. The molecular weight excluding hydrogens is 442 g/mol. The number of piperidine rings is 1. The predicted octanol–water partition coefficient (Wildman–Crippen LogP) is 4.02. The highest BCUT2D eigenvalue weighted by atomic mass is 16.5. The van der Waals surface area contributed by atoms with Gasteiger partial charge in [-0.15, -0.1) is 0 Å². The third-order valence-corrected chi connectivity index (χ3v) is 8.51. The van der Waals surface area contributed by atoms with Crippen LogP contribution in [0.4, 0.5) is 10.5 Å². The van der Waals surface area contributed by atoms with Gasteiger partial charge in [0.15, 0.2) is 0 Å². The standard InChI is InChI=1S/C27H39N5O3/c1-19-15-21(8-12-30(19)11-7-20-3-5-23(35-2)6-4-20)16-22-9-14-32-24(17-22)25(18-28-32)31-13-10-26(33)29-27(31)34/h9,14,17-21,23H,3-8,10-13,15-16H2,1-2H3,(H,29,33,34)/t19-,20?,21+,23?/m0/s1. The minimum atomic E-state index is -0.366. The zero-order valence-electron chi connectivity index (χ0n) is 21.1. The summed E-state index contributed by atoms with van der Waals surface area (Å²) in [5.74, 6) is 1.31. The Hall–Kier alpha value is -2.45. The van der Waals surface area contributed by atoms with Crippen LogP contribution in [0.1, 0.15) is 63.9 Å². The number of fused-ring (bicyclic) bond motifs is 1. The maximum atomic E-state index is 12.3. The first kappa shape index (κ1) is 24.3. The summed E-state index contributed by atoms with van der Waals surface area (Å²) in [4.78, 5) is 28.2. The molecule has 1 aliphatic carbocycles. The third-order valence-electron chi connectivity index (χ3n) is 8.51. The van der Waals surface area contributed by atoms with Gasteiger partial charge in [0.05, 0.1) is 23.5 Å². The summed E-state index contributed by atoms with van der Waals surface area (Å²) in [7, 11) is 1.85. The number of amides is 3. The number of nitrogens with zero attached hydrogens (tertiary/aromatic N) is 4. The number of carbonyl (C=O) groups excluding carboxylic acids is 2. The number of likely N-dealkylation sites (tertiary alicyclic amines) is 1. The Kier molecular flexibility index (Phi) is 7.39. The predicted molar refractivity (Wildman–Crippen MR) is 136 cm³/mol. The Morgan fingerprint density at radius 3 is 2.69 bits per heavy atom. The summed E-state index contributed by atoms with van der Waals surface area (Å²) in [5.41, 5.74) is 2.97. The van der Waals surface area contributed by atoms with E-state index >= 15 is 0 Å². The van der Waals surface area contributed by atoms with Crippen LogP contribution in [0.3, 0.4) is 0 Å². The first-order valence-electron chi connectivity index (χ1n) is 13.3. The number of rotatable bonds is 7. The second-order valence-corrected chi connectivity index (χ2v) is 10.8. The van der Waals surface area contributed by atoms with Crippen LogP contribution in [0.25, 0.3) is 5.52 Å². The van der Waals surface area contributed by atoms with E-state index in [2.05, 4.69) is 34.4 Å². The third kappa shape index (κ3) is 5.54. The summed E-state index contributed by atoms with van der Waals surface area (Å²) < 4.78 is 7.34. The number of imide groups is 1. The van der Waals surface area contributed by atoms with Crippen LogP contribution in [-0.2, 0) is 16.0 Å². The molecule has 3 aliphatic rings. The lowest BCUT2D eigenvalue weighted by Crippen LogP contribution is -2.49. The van der Waals surface area contributed by atoms with Gasteiger partial charge in [0.25, 0.3) is 0 Å². The number of aromatic nitrogens is 2. The van der Waals surface area contributed by atoms with Gasteiger partial charge >= 0.3 is 6.03 Å². The van der Waals surface area contributed by atoms with Gasteiger partial charge in [-0.05, 0) is 101 Å². The van der Waals surface area contributed by atoms with Crippen molar-refractivity contribution < 1.29 is 14.3 Å². The molecule has 8 nitrogen and oxygen atoms in total. The Labute approximate surface area is 208 Å². The van der Waals surface area contributed by atoms with Crippen LogP contribution in [0, 0.1) is 11.8 Å². The number of ether oxygens (including phenoxy) is 1. The summed E-state index contributed by atoms with van der Waals surface area (Å²) in [6.07, 6.45) is 14.4. The zero-order chi connectivity index (χ0) is 24.4. The van der Waals surface area contributed by atoms with Gasteiger partial charge < -0.3 is 9.64 Å². The molecule has 5 rings (SSSR count). The van der Waals surface area contributed by atoms with Crippen molar-refractivity contribution in [1.82, 2.24) is 19.8 Å². The van der Waals surface area contributed by atoms with E-state index in [1.165, 1.54) is 63.6 Å². The van der Waals surface area contributed by atoms with Crippen LogP contribution in [0.15, 0.2) is 24.5 Å². The summed E-state index contributed by atoms with van der Waals surface area (Å²) in [6.45, 7) is 5.19. The number of pyridine rings is 1. The van der Waals surface area contributed by atoms with E-state index in [0.717, 1.165) is 23.5 Å². The lowest BCUT2D eigenvalue weighted by Gasteiger charge is -2.39. The number of hydrogen-bond acceptors (Lipinski definition) is 5. The molecule has 4 heterocycles. The molecule has 2 aromatic rings. The highest BCUT2D eigenvalue weighted by Gasteiger charge is 2.29. The fourth-order valence-corrected chi connectivity index (χ4v) is 6.31. The molecule has 0 radical (unpaired) electrons. The monoisotopic (exact) mass is 481 g/mol. The lowest BCUT2D eigenvalue weighted by molar-refractivity contribution is -0.120. The Morgan fingerprint density at radius 2 is 1.94 bits per heavy atom. The number of carbonyl (C=O) groups is 2. The van der Waals surface area contributed by atoms with Crippen molar-refractivity contribution in [3.8, 4) is 0 Å². The molecule has 2 atom stereocenters. The van der Waals surface area contributed by atoms with Crippen molar-refractivity contribution in [2.45, 2.75) is 76.9 Å². The number of nitrogens with one attached hydrogen (secondary N) is 1. The van der Waals surface area contributed by atoms with E-state index in [1.807, 2.05) is 17.8 Å². The van der Waals surface area contributed by atoms with E-state index in [9.17, 15) is 9.59 Å². The Morgan fingerprint density at radius 1 is 1.11 bits per heavy atom. The fourth-order valence-electron chi connectivity index (χ4n) is 6.31. The molecule has 2 aliphatic heterocycles. The second kappa shape index (κ2) is 10.7. The van der Waals surface area contributed by atoms with Crippen molar-refractivity contribution in [3.05, 3.63) is 30.1 Å². The molecule has 2 saturated heterocycles. The molecule has 0 aromatic carbocycles. The molecule has 190 valence electrons. The molecule has 1 saturated carbocycles. The van der Waals surface area contributed by atoms with E-state index in [0.29, 0.717) is 31.0 Å². The smallest absolute Gasteiger partial charge is 0.328 e. The van der Waals surface area contributed by atoms with E-state index in [4.69, 9.17) is 4.74 Å². The number of hydrogen-bond donors (Lipinski definition) is 1. The van der Waals surface area contributed by atoms with Gasteiger partial charge in [-0.2, -0.15) is 5.10 Å². The van der Waals surface area contributed by atoms with Crippen molar-refractivity contribution in [2.24, 2.45) is 11.8 Å². The van der Waals surface area contributed by atoms with Gasteiger partial charge in [-0.3, -0.25) is 15.0 Å². The molecule has 8 heteroatoms. The molecule has 0 spiro atoms. The minimum absolute atomic E-state index is 0.220. The van der Waals surface area contributed by atoms with Crippen LogP contribution in [-0.4, -0.2) is 65.3 Å². The fraction of sp³-hybridized carbons (Fsp3) is 0.667. The molecule has 2 aromatic heterocycles. The van der Waals surface area contributed by atoms with Gasteiger partial charge in [-0.25, -0.2) is 9.31 Å². The van der Waals surface area contributed by atoms with Crippen molar-refractivity contribution >= 4 is 23.1 Å². The molecule has 35 heavy (non-hydrogen) atoms. The molecular formula is C27H39N5O3. The van der Waals surface area contributed by atoms with Crippen molar-refractivity contribution in [1.29, 1.82) is 0 Å². The molecule has 1 N–H and O–H groups in total. The van der Waals surface area contributed by atoms with E-state index < -0.39 is 0 Å². The largest absolute Gasteiger partial charge is 0.381 e. The van der Waals surface area contributed by atoms with Gasteiger partial charge in [0.1, 0.15) is 0 Å². The summed E-state index contributed by atoms with van der Waals surface area (Å²) in [6, 6.07) is 4.57. The maximum Gasteiger partial charge on any atom is 0.328 e. The average Bonchev–Trinajstić information content (AvgIpc) is 3.27. The molecule has 3 amide bonds. The highest BCUT2D eigenvalue weighted by molar-refractivity contribution is 6.07. The molecule has 0 bridgehead atoms. The first-order chi connectivity index (χ1) is 17.0. The Balaban J connectivity index is 1.16. The molecule has 0 unspecified atom stereocenters. The van der Waals surface area contributed by atoms with Gasteiger partial charge in [0.2, 0.25) is 5.91 Å². The molecule has 3 fully saturated rings. The zero-order valence-corrected chi connectivity index (χ0v) is 21.1. The highest BCUT2D eigenvalue weighted by Crippen LogP contribution is 2.31. The maximum absolute atomic E-state index is 12.3. The Bertz CT molecular complexity index is 1040. The lowest BCUT2D eigenvalue weighted by atomic mass is 9.84. The van der Waals surface area contributed by atoms with Crippen LogP contribution in [0.2, 0.25) is 0 Å². The number of anilines is 1. The number of methoxy groups -OCH3 is 1. The summed E-state index contributed by atoms with van der Waals surface area (Å²) in [5, 5.41) is 6.83. The van der Waals surface area contributed by atoms with Crippen LogP contribution >= 0.6 is 0 Å². The van der Waals surface area contributed by atoms with Crippen molar-refractivity contribution in [3.63, 3.8) is 0 Å². The van der Waals surface area contributed by atoms with Gasteiger partial charge in [0, 0.05) is 32.3 Å². The van der Waals surface area contributed by atoms with E-state index in [-0.39, 0.29) is 11.9 Å². The normalized spacial score (nSPS) is 28.5. The van der Waals surface area contributed by atoms with Gasteiger partial charge in [-0.1, -0.05) is 0 Å². The van der Waals surface area contributed by atoms with Crippen molar-refractivity contribution in [2.75, 3.05) is 31.6 Å². The second-order valence-electron chi connectivity index (χ2n) is 10.8. The topological polar surface area (TPSA) is 79.2 Å². The van der Waals surface area contributed by atoms with Crippen LogP contribution in [0.5, 0.6) is 0 Å². The quantitative estimate of drug-likeness (QED) is 0.646. The van der Waals surface area contributed by atoms with Crippen LogP contribution < -0.4 is 10.2 Å². The van der Waals surface area contributed by atoms with E-state index in [1.54, 1.807) is 11.1 Å². The SMILES string of the molecule is COC1CCC(CCN2CC[C@@H](Cc3ccn4ncc(N5CCC(=O)NC5=O)c4c3)C[C@@H]2C)CC1. The minimum Gasteiger partial charge on any atom is -0.381 e. The average molecular weight is 482 g/mol. The first-order valence-corrected chi connectivity index (χ1v) is 13.3.